The standard InChI is InChI=1S/C16H22N4O/c1-16(2,13-6-4-3-5-7-13)11-18-15(21)14-10-20(9-8-17)12-19-14/h3-7,10,12H,8-9,11,17H2,1-2H3,(H,18,21). The molecular weight excluding hydrogens is 264 g/mol. The zero-order valence-electron chi connectivity index (χ0n) is 12.5. The second kappa shape index (κ2) is 6.54. The molecule has 1 heterocycles. The van der Waals surface area contributed by atoms with Gasteiger partial charge in [0.1, 0.15) is 5.69 Å². The number of imidazole rings is 1. The largest absolute Gasteiger partial charge is 0.350 e. The molecule has 0 saturated carbocycles. The van der Waals surface area contributed by atoms with E-state index in [0.29, 0.717) is 25.3 Å². The molecule has 0 aliphatic carbocycles. The number of amides is 1. The summed E-state index contributed by atoms with van der Waals surface area (Å²) in [5.74, 6) is -0.158. The summed E-state index contributed by atoms with van der Waals surface area (Å²) in [6, 6.07) is 10.1. The second-order valence-electron chi connectivity index (χ2n) is 5.72. The third-order valence-electron chi connectivity index (χ3n) is 3.50. The third-order valence-corrected chi connectivity index (χ3v) is 3.50. The average Bonchev–Trinajstić information content (AvgIpc) is 2.95. The van der Waals surface area contributed by atoms with Gasteiger partial charge in [-0.15, -0.1) is 0 Å². The van der Waals surface area contributed by atoms with E-state index in [-0.39, 0.29) is 11.3 Å². The summed E-state index contributed by atoms with van der Waals surface area (Å²) in [6.45, 7) is 5.96. The zero-order chi connectivity index (χ0) is 15.3. The lowest BCUT2D eigenvalue weighted by atomic mass is 9.84. The van der Waals surface area contributed by atoms with Gasteiger partial charge in [0.15, 0.2) is 0 Å². The van der Waals surface area contributed by atoms with Crippen LogP contribution in [-0.2, 0) is 12.0 Å². The van der Waals surface area contributed by atoms with Crippen LogP contribution in [0.3, 0.4) is 0 Å². The van der Waals surface area contributed by atoms with Gasteiger partial charge in [-0.05, 0) is 5.56 Å². The third kappa shape index (κ3) is 3.92. The zero-order valence-corrected chi connectivity index (χ0v) is 12.5. The summed E-state index contributed by atoms with van der Waals surface area (Å²) < 4.78 is 1.82. The van der Waals surface area contributed by atoms with Gasteiger partial charge >= 0.3 is 0 Å². The molecule has 0 saturated heterocycles. The number of hydrogen-bond donors (Lipinski definition) is 2. The maximum Gasteiger partial charge on any atom is 0.271 e. The fourth-order valence-electron chi connectivity index (χ4n) is 2.13. The van der Waals surface area contributed by atoms with Crippen LogP contribution in [0.15, 0.2) is 42.9 Å². The maximum absolute atomic E-state index is 12.1. The molecule has 1 aromatic heterocycles. The fourth-order valence-corrected chi connectivity index (χ4v) is 2.13. The summed E-state index contributed by atoms with van der Waals surface area (Å²) in [6.07, 6.45) is 3.35. The molecule has 21 heavy (non-hydrogen) atoms. The van der Waals surface area contributed by atoms with Gasteiger partial charge in [-0.25, -0.2) is 4.98 Å². The highest BCUT2D eigenvalue weighted by molar-refractivity contribution is 5.92. The highest BCUT2D eigenvalue weighted by Gasteiger charge is 2.21. The molecule has 5 nitrogen and oxygen atoms in total. The van der Waals surface area contributed by atoms with Crippen molar-refractivity contribution in [2.24, 2.45) is 5.73 Å². The topological polar surface area (TPSA) is 72.9 Å². The summed E-state index contributed by atoms with van der Waals surface area (Å²) in [4.78, 5) is 16.2. The molecule has 0 aliphatic heterocycles. The molecule has 2 rings (SSSR count). The molecule has 0 atom stereocenters. The first-order valence-electron chi connectivity index (χ1n) is 7.08. The molecule has 1 amide bonds. The number of aromatic nitrogens is 2. The molecule has 1 aromatic carbocycles. The van der Waals surface area contributed by atoms with Crippen molar-refractivity contribution < 1.29 is 4.79 Å². The monoisotopic (exact) mass is 286 g/mol. The van der Waals surface area contributed by atoms with Gasteiger partial charge in [-0.3, -0.25) is 4.79 Å². The van der Waals surface area contributed by atoms with E-state index in [2.05, 4.69) is 36.3 Å². The molecule has 112 valence electrons. The van der Waals surface area contributed by atoms with Gasteiger partial charge in [0.2, 0.25) is 0 Å². The van der Waals surface area contributed by atoms with E-state index >= 15 is 0 Å². The highest BCUT2D eigenvalue weighted by Crippen LogP contribution is 2.21. The molecule has 0 spiro atoms. The predicted molar refractivity (Wildman–Crippen MR) is 83.1 cm³/mol. The van der Waals surface area contributed by atoms with Crippen molar-refractivity contribution >= 4 is 5.91 Å². The van der Waals surface area contributed by atoms with Crippen molar-refractivity contribution in [3.8, 4) is 0 Å². The lowest BCUT2D eigenvalue weighted by molar-refractivity contribution is 0.0941. The van der Waals surface area contributed by atoms with Gasteiger partial charge in [-0.1, -0.05) is 44.2 Å². The van der Waals surface area contributed by atoms with Crippen molar-refractivity contribution in [3.05, 3.63) is 54.1 Å². The Balaban J connectivity index is 1.96. The van der Waals surface area contributed by atoms with Crippen molar-refractivity contribution in [2.45, 2.75) is 25.8 Å². The Hall–Kier alpha value is -2.14. The first kappa shape index (κ1) is 15.3. The van der Waals surface area contributed by atoms with Crippen molar-refractivity contribution in [3.63, 3.8) is 0 Å². The van der Waals surface area contributed by atoms with Gasteiger partial charge < -0.3 is 15.6 Å². The van der Waals surface area contributed by atoms with E-state index in [4.69, 9.17) is 5.73 Å². The predicted octanol–water partition coefficient (Wildman–Crippen LogP) is 1.55. The van der Waals surface area contributed by atoms with E-state index in [1.54, 1.807) is 12.5 Å². The van der Waals surface area contributed by atoms with Crippen LogP contribution in [0.1, 0.15) is 29.9 Å². The minimum absolute atomic E-state index is 0.128. The van der Waals surface area contributed by atoms with Crippen molar-refractivity contribution in [1.82, 2.24) is 14.9 Å². The molecule has 0 fully saturated rings. The summed E-state index contributed by atoms with van der Waals surface area (Å²) in [5.41, 5.74) is 6.97. The minimum atomic E-state index is -0.158. The molecule has 0 aliphatic rings. The summed E-state index contributed by atoms with van der Waals surface area (Å²) in [5, 5.41) is 2.95. The highest BCUT2D eigenvalue weighted by atomic mass is 16.1. The Bertz CT molecular complexity index is 589. The van der Waals surface area contributed by atoms with Crippen LogP contribution in [0.4, 0.5) is 0 Å². The van der Waals surface area contributed by atoms with Gasteiger partial charge in [0.05, 0.1) is 6.33 Å². The van der Waals surface area contributed by atoms with Crippen LogP contribution in [0.5, 0.6) is 0 Å². The summed E-state index contributed by atoms with van der Waals surface area (Å²) >= 11 is 0. The van der Waals surface area contributed by atoms with Crippen LogP contribution in [-0.4, -0.2) is 28.5 Å². The molecular formula is C16H22N4O. The fraction of sp³-hybridized carbons (Fsp3) is 0.375. The molecule has 0 bridgehead atoms. The van der Waals surface area contributed by atoms with Crippen LogP contribution in [0.2, 0.25) is 0 Å². The van der Waals surface area contributed by atoms with Crippen LogP contribution in [0.25, 0.3) is 0 Å². The van der Waals surface area contributed by atoms with Crippen LogP contribution < -0.4 is 11.1 Å². The Kier molecular flexibility index (Phi) is 4.75. The molecule has 2 aromatic rings. The Labute approximate surface area is 125 Å². The molecule has 3 N–H and O–H groups in total. The number of carbonyl (C=O) groups is 1. The lowest BCUT2D eigenvalue weighted by Crippen LogP contribution is -2.36. The number of rotatable bonds is 6. The minimum Gasteiger partial charge on any atom is -0.350 e. The van der Waals surface area contributed by atoms with Crippen LogP contribution >= 0.6 is 0 Å². The van der Waals surface area contributed by atoms with E-state index in [1.807, 2.05) is 22.8 Å². The molecule has 0 unspecified atom stereocenters. The number of nitrogens with one attached hydrogen (secondary N) is 1. The van der Waals surface area contributed by atoms with Gasteiger partial charge in [0, 0.05) is 31.2 Å². The quantitative estimate of drug-likeness (QED) is 0.846. The van der Waals surface area contributed by atoms with E-state index in [0.717, 1.165) is 0 Å². The SMILES string of the molecule is CC(C)(CNC(=O)c1cn(CCN)cn1)c1ccccc1. The van der Waals surface area contributed by atoms with Gasteiger partial charge in [0.25, 0.3) is 5.91 Å². The average molecular weight is 286 g/mol. The number of benzene rings is 1. The molecule has 5 heteroatoms. The number of carbonyl (C=O) groups excluding carboxylic acids is 1. The van der Waals surface area contributed by atoms with Crippen molar-refractivity contribution in [2.75, 3.05) is 13.1 Å². The Morgan fingerprint density at radius 3 is 2.71 bits per heavy atom. The van der Waals surface area contributed by atoms with Crippen LogP contribution in [0, 0.1) is 0 Å². The maximum atomic E-state index is 12.1. The number of nitrogens with zero attached hydrogens (tertiary/aromatic N) is 2. The molecule has 0 radical (unpaired) electrons. The second-order valence-corrected chi connectivity index (χ2v) is 5.72. The smallest absolute Gasteiger partial charge is 0.271 e. The van der Waals surface area contributed by atoms with Gasteiger partial charge in [-0.2, -0.15) is 0 Å². The number of hydrogen-bond acceptors (Lipinski definition) is 3. The summed E-state index contributed by atoms with van der Waals surface area (Å²) in [7, 11) is 0. The Morgan fingerprint density at radius 2 is 2.05 bits per heavy atom. The number of nitrogens with two attached hydrogens (primary N) is 1. The lowest BCUT2D eigenvalue weighted by Gasteiger charge is -2.25. The normalized spacial score (nSPS) is 11.4. The first-order chi connectivity index (χ1) is 10.0. The first-order valence-corrected chi connectivity index (χ1v) is 7.08. The van der Waals surface area contributed by atoms with Crippen molar-refractivity contribution in [1.29, 1.82) is 0 Å². The Morgan fingerprint density at radius 1 is 1.33 bits per heavy atom. The van der Waals surface area contributed by atoms with E-state index in [1.165, 1.54) is 5.56 Å². The van der Waals surface area contributed by atoms with E-state index in [9.17, 15) is 4.79 Å². The van der Waals surface area contributed by atoms with E-state index < -0.39 is 0 Å².